The number of para-hydroxylation sites is 1. The number of anilines is 1. The first-order valence-electron chi connectivity index (χ1n) is 8.45. The highest BCUT2D eigenvalue weighted by molar-refractivity contribution is 6.07. The van der Waals surface area contributed by atoms with Crippen molar-refractivity contribution < 1.29 is 19.1 Å². The maximum absolute atomic E-state index is 12.8. The van der Waals surface area contributed by atoms with Crippen LogP contribution in [0.3, 0.4) is 0 Å². The Morgan fingerprint density at radius 3 is 2.42 bits per heavy atom. The summed E-state index contributed by atoms with van der Waals surface area (Å²) in [6.07, 6.45) is 3.93. The first kappa shape index (κ1) is 18.0. The molecule has 1 fully saturated rings. The Hall–Kier alpha value is -2.37. The average Bonchev–Trinajstić information content (AvgIpc) is 2.84. The third kappa shape index (κ3) is 5.08. The van der Waals surface area contributed by atoms with Gasteiger partial charge in [-0.15, -0.1) is 0 Å². The van der Waals surface area contributed by atoms with Gasteiger partial charge < -0.3 is 15.0 Å². The highest BCUT2D eigenvalue weighted by Gasteiger charge is 2.21. The number of nitrogens with one attached hydrogen (secondary N) is 1. The molecule has 0 spiro atoms. The molecule has 1 heterocycles. The van der Waals surface area contributed by atoms with Gasteiger partial charge in [-0.3, -0.25) is 14.4 Å². The van der Waals surface area contributed by atoms with Crippen LogP contribution < -0.4 is 5.32 Å². The van der Waals surface area contributed by atoms with Gasteiger partial charge in [-0.25, -0.2) is 0 Å². The lowest BCUT2D eigenvalue weighted by Crippen LogP contribution is -2.32. The number of esters is 1. The molecule has 0 bridgehead atoms. The predicted molar refractivity (Wildman–Crippen MR) is 90.7 cm³/mol. The smallest absolute Gasteiger partial charge is 0.315 e. The van der Waals surface area contributed by atoms with E-state index in [1.54, 1.807) is 31.2 Å². The molecule has 1 aromatic carbocycles. The van der Waals surface area contributed by atoms with Crippen LogP contribution in [-0.4, -0.2) is 42.4 Å². The van der Waals surface area contributed by atoms with Gasteiger partial charge in [-0.05, 0) is 31.9 Å². The summed E-state index contributed by atoms with van der Waals surface area (Å²) in [4.78, 5) is 38.0. The molecule has 0 radical (unpaired) electrons. The largest absolute Gasteiger partial charge is 0.466 e. The maximum atomic E-state index is 12.8. The van der Waals surface area contributed by atoms with E-state index in [1.807, 2.05) is 4.90 Å². The SMILES string of the molecule is CCOC(=O)CC(=O)Nc1ccccc1C(=O)N1CCCCCC1. The molecule has 6 heteroatoms. The standard InChI is InChI=1S/C18H24N2O4/c1-2-24-17(22)13-16(21)19-15-10-6-5-9-14(15)18(23)20-11-7-3-4-8-12-20/h5-6,9-10H,2-4,7-8,11-13H2,1H3,(H,19,21). The maximum Gasteiger partial charge on any atom is 0.315 e. The van der Waals surface area contributed by atoms with Crippen molar-refractivity contribution in [3.8, 4) is 0 Å². The lowest BCUT2D eigenvalue weighted by Gasteiger charge is -2.22. The highest BCUT2D eigenvalue weighted by Crippen LogP contribution is 2.20. The Morgan fingerprint density at radius 2 is 1.75 bits per heavy atom. The Morgan fingerprint density at radius 1 is 1.08 bits per heavy atom. The summed E-state index contributed by atoms with van der Waals surface area (Å²) in [6.45, 7) is 3.40. The van der Waals surface area contributed by atoms with E-state index in [4.69, 9.17) is 4.74 Å². The van der Waals surface area contributed by atoms with Gasteiger partial charge in [0, 0.05) is 13.1 Å². The molecule has 1 saturated heterocycles. The quantitative estimate of drug-likeness (QED) is 0.664. The minimum absolute atomic E-state index is 0.0797. The first-order valence-corrected chi connectivity index (χ1v) is 8.45. The zero-order valence-corrected chi connectivity index (χ0v) is 14.0. The second kappa shape index (κ2) is 9.05. The second-order valence-electron chi connectivity index (χ2n) is 5.78. The Kier molecular flexibility index (Phi) is 6.78. The lowest BCUT2D eigenvalue weighted by atomic mass is 10.1. The summed E-state index contributed by atoms with van der Waals surface area (Å²) in [5.41, 5.74) is 0.887. The number of ether oxygens (including phenoxy) is 1. The van der Waals surface area contributed by atoms with Gasteiger partial charge in [0.2, 0.25) is 5.91 Å². The van der Waals surface area contributed by atoms with E-state index in [0.29, 0.717) is 11.3 Å². The van der Waals surface area contributed by atoms with Crippen LogP contribution in [0.15, 0.2) is 24.3 Å². The fourth-order valence-corrected chi connectivity index (χ4v) is 2.76. The average molecular weight is 332 g/mol. The molecular weight excluding hydrogens is 308 g/mol. The van der Waals surface area contributed by atoms with Crippen LogP contribution in [0.4, 0.5) is 5.69 Å². The van der Waals surface area contributed by atoms with Crippen molar-refractivity contribution >= 4 is 23.5 Å². The minimum Gasteiger partial charge on any atom is -0.466 e. The van der Waals surface area contributed by atoms with E-state index in [2.05, 4.69) is 5.32 Å². The summed E-state index contributed by atoms with van der Waals surface area (Å²) in [6, 6.07) is 6.90. The van der Waals surface area contributed by atoms with Crippen LogP contribution in [0.25, 0.3) is 0 Å². The van der Waals surface area contributed by atoms with Crippen LogP contribution in [0, 0.1) is 0 Å². The fraction of sp³-hybridized carbons (Fsp3) is 0.500. The van der Waals surface area contributed by atoms with Crippen LogP contribution >= 0.6 is 0 Å². The van der Waals surface area contributed by atoms with Gasteiger partial charge in [0.1, 0.15) is 6.42 Å². The molecule has 24 heavy (non-hydrogen) atoms. The first-order chi connectivity index (χ1) is 11.6. The number of carbonyl (C=O) groups is 3. The summed E-state index contributed by atoms with van der Waals surface area (Å²) in [5.74, 6) is -1.14. The van der Waals surface area contributed by atoms with Crippen molar-refractivity contribution in [1.82, 2.24) is 4.90 Å². The van der Waals surface area contributed by atoms with Gasteiger partial charge in [0.15, 0.2) is 0 Å². The van der Waals surface area contributed by atoms with Crippen molar-refractivity contribution in [3.05, 3.63) is 29.8 Å². The molecule has 1 aromatic rings. The predicted octanol–water partition coefficient (Wildman–Crippen LogP) is 2.59. The molecule has 2 rings (SSSR count). The molecule has 0 atom stereocenters. The van der Waals surface area contributed by atoms with Crippen LogP contribution in [-0.2, 0) is 14.3 Å². The summed E-state index contributed by atoms with van der Waals surface area (Å²) in [5, 5.41) is 2.65. The van der Waals surface area contributed by atoms with Crippen molar-refractivity contribution in [3.63, 3.8) is 0 Å². The third-order valence-electron chi connectivity index (χ3n) is 3.94. The summed E-state index contributed by atoms with van der Waals surface area (Å²) in [7, 11) is 0. The van der Waals surface area contributed by atoms with Crippen LogP contribution in [0.5, 0.6) is 0 Å². The number of hydrogen-bond acceptors (Lipinski definition) is 4. The van der Waals surface area contributed by atoms with E-state index in [9.17, 15) is 14.4 Å². The van der Waals surface area contributed by atoms with E-state index < -0.39 is 11.9 Å². The van der Waals surface area contributed by atoms with E-state index in [-0.39, 0.29) is 18.9 Å². The normalized spacial score (nSPS) is 14.6. The molecule has 0 saturated carbocycles. The molecule has 6 nitrogen and oxygen atoms in total. The molecule has 0 aromatic heterocycles. The number of nitrogens with zero attached hydrogens (tertiary/aromatic N) is 1. The second-order valence-corrected chi connectivity index (χ2v) is 5.78. The van der Waals surface area contributed by atoms with E-state index in [1.165, 1.54) is 0 Å². The minimum atomic E-state index is -0.577. The number of benzene rings is 1. The number of amides is 2. The van der Waals surface area contributed by atoms with Crippen molar-refractivity contribution in [1.29, 1.82) is 0 Å². The van der Waals surface area contributed by atoms with Crippen molar-refractivity contribution in [2.45, 2.75) is 39.0 Å². The van der Waals surface area contributed by atoms with Gasteiger partial charge in [-0.2, -0.15) is 0 Å². The van der Waals surface area contributed by atoms with Crippen molar-refractivity contribution in [2.24, 2.45) is 0 Å². The molecule has 1 N–H and O–H groups in total. The van der Waals surface area contributed by atoms with E-state index in [0.717, 1.165) is 38.8 Å². The number of hydrogen-bond donors (Lipinski definition) is 1. The number of carbonyl (C=O) groups excluding carboxylic acids is 3. The number of likely N-dealkylation sites (tertiary alicyclic amines) is 1. The molecule has 130 valence electrons. The molecule has 1 aliphatic heterocycles. The van der Waals surface area contributed by atoms with Gasteiger partial charge in [0.05, 0.1) is 17.9 Å². The summed E-state index contributed by atoms with van der Waals surface area (Å²) >= 11 is 0. The summed E-state index contributed by atoms with van der Waals surface area (Å²) < 4.78 is 4.76. The van der Waals surface area contributed by atoms with Crippen LogP contribution in [0.2, 0.25) is 0 Å². The van der Waals surface area contributed by atoms with Gasteiger partial charge in [-0.1, -0.05) is 25.0 Å². The fourth-order valence-electron chi connectivity index (χ4n) is 2.76. The van der Waals surface area contributed by atoms with Crippen molar-refractivity contribution in [2.75, 3.05) is 25.0 Å². The topological polar surface area (TPSA) is 75.7 Å². The monoisotopic (exact) mass is 332 g/mol. The molecule has 1 aliphatic rings. The Labute approximate surface area is 142 Å². The molecule has 0 unspecified atom stereocenters. The molecule has 2 amide bonds. The van der Waals surface area contributed by atoms with Gasteiger partial charge >= 0.3 is 5.97 Å². The Bertz CT molecular complexity index is 592. The lowest BCUT2D eigenvalue weighted by molar-refractivity contribution is -0.145. The third-order valence-corrected chi connectivity index (χ3v) is 3.94. The number of rotatable bonds is 5. The van der Waals surface area contributed by atoms with Crippen LogP contribution in [0.1, 0.15) is 49.4 Å². The highest BCUT2D eigenvalue weighted by atomic mass is 16.5. The molecular formula is C18H24N2O4. The van der Waals surface area contributed by atoms with E-state index >= 15 is 0 Å². The van der Waals surface area contributed by atoms with Gasteiger partial charge in [0.25, 0.3) is 5.91 Å². The zero-order chi connectivity index (χ0) is 17.4. The zero-order valence-electron chi connectivity index (χ0n) is 14.0. The molecule has 0 aliphatic carbocycles. The Balaban J connectivity index is 2.07.